The summed E-state index contributed by atoms with van der Waals surface area (Å²) in [6, 6.07) is 1.34. The molecule has 0 unspecified atom stereocenters. The average Bonchev–Trinajstić information content (AvgIpc) is 3.37. The Labute approximate surface area is 151 Å². The van der Waals surface area contributed by atoms with E-state index in [4.69, 9.17) is 0 Å². The number of likely N-dealkylation sites (N-methyl/N-ethyl adjacent to an activating group) is 1. The van der Waals surface area contributed by atoms with Crippen molar-refractivity contribution in [3.8, 4) is 0 Å². The van der Waals surface area contributed by atoms with Gasteiger partial charge in [-0.2, -0.15) is 5.10 Å². The molecule has 1 saturated carbocycles. The summed E-state index contributed by atoms with van der Waals surface area (Å²) in [4.78, 5) is 19.3. The lowest BCUT2D eigenvalue weighted by atomic mass is 10.2. The summed E-state index contributed by atoms with van der Waals surface area (Å²) in [5, 5.41) is 6.91. The minimum absolute atomic E-state index is 0.0708. The third-order valence-electron chi connectivity index (χ3n) is 4.79. The summed E-state index contributed by atoms with van der Waals surface area (Å²) in [6.07, 6.45) is 0.547. The van der Waals surface area contributed by atoms with Gasteiger partial charge in [0.1, 0.15) is 11.3 Å². The lowest BCUT2D eigenvalue weighted by molar-refractivity contribution is 0.0931. The van der Waals surface area contributed by atoms with E-state index in [-0.39, 0.29) is 34.8 Å². The van der Waals surface area contributed by atoms with Gasteiger partial charge in [0.2, 0.25) is 0 Å². The Morgan fingerprint density at radius 1 is 1.38 bits per heavy atom. The highest BCUT2D eigenvalue weighted by molar-refractivity contribution is 5.99. The standard InChI is InChI=1S/C18H25F2N5O/c1-4-24(5-2)10-11(3)22-18(26)13-9-21-25-15(16(19)20)8-14(12-6-7-12)23-17(13)25/h8-9,11-12,16H,4-7,10H2,1-3H3,(H,22,26)/t11-/m0/s1. The van der Waals surface area contributed by atoms with Gasteiger partial charge in [-0.25, -0.2) is 18.3 Å². The molecular weight excluding hydrogens is 340 g/mol. The van der Waals surface area contributed by atoms with Gasteiger partial charge in [-0.15, -0.1) is 0 Å². The molecule has 1 aliphatic carbocycles. The number of alkyl halides is 2. The fraction of sp³-hybridized carbons (Fsp3) is 0.611. The first-order valence-corrected chi connectivity index (χ1v) is 9.14. The number of rotatable bonds is 8. The smallest absolute Gasteiger partial charge is 0.280 e. The number of nitrogens with zero attached hydrogens (tertiary/aromatic N) is 4. The first kappa shape index (κ1) is 18.7. The average molecular weight is 365 g/mol. The highest BCUT2D eigenvalue weighted by Gasteiger charge is 2.29. The van der Waals surface area contributed by atoms with E-state index < -0.39 is 6.43 Å². The van der Waals surface area contributed by atoms with Crippen molar-refractivity contribution in [1.29, 1.82) is 0 Å². The van der Waals surface area contributed by atoms with Crippen molar-refractivity contribution >= 4 is 11.6 Å². The van der Waals surface area contributed by atoms with Crippen LogP contribution in [0.5, 0.6) is 0 Å². The van der Waals surface area contributed by atoms with Crippen LogP contribution < -0.4 is 5.32 Å². The topological polar surface area (TPSA) is 62.5 Å². The van der Waals surface area contributed by atoms with Crippen molar-refractivity contribution in [2.75, 3.05) is 19.6 Å². The molecule has 6 nitrogen and oxygen atoms in total. The van der Waals surface area contributed by atoms with Crippen LogP contribution in [0.25, 0.3) is 5.65 Å². The maximum absolute atomic E-state index is 13.4. The maximum atomic E-state index is 13.4. The third kappa shape index (κ3) is 3.85. The summed E-state index contributed by atoms with van der Waals surface area (Å²) in [5.74, 6) is -0.120. The molecule has 2 aromatic heterocycles. The van der Waals surface area contributed by atoms with E-state index in [9.17, 15) is 13.6 Å². The molecule has 2 aromatic rings. The van der Waals surface area contributed by atoms with E-state index in [1.165, 1.54) is 12.3 Å². The fourth-order valence-electron chi connectivity index (χ4n) is 3.13. The van der Waals surface area contributed by atoms with E-state index in [1.54, 1.807) is 0 Å². The van der Waals surface area contributed by atoms with E-state index in [2.05, 4.69) is 34.1 Å². The van der Waals surface area contributed by atoms with Gasteiger partial charge in [-0.3, -0.25) is 4.79 Å². The van der Waals surface area contributed by atoms with Gasteiger partial charge in [0, 0.05) is 24.2 Å². The minimum atomic E-state index is -2.67. The summed E-state index contributed by atoms with van der Waals surface area (Å²) < 4.78 is 27.9. The number of amides is 1. The van der Waals surface area contributed by atoms with E-state index in [1.807, 2.05) is 6.92 Å². The molecule has 1 aliphatic rings. The summed E-state index contributed by atoms with van der Waals surface area (Å²) in [6.45, 7) is 8.59. The molecule has 2 heterocycles. The zero-order chi connectivity index (χ0) is 18.8. The molecule has 1 amide bonds. The highest BCUT2D eigenvalue weighted by Crippen LogP contribution is 2.40. The van der Waals surface area contributed by atoms with Crippen molar-refractivity contribution < 1.29 is 13.6 Å². The molecule has 3 rings (SSSR count). The molecule has 26 heavy (non-hydrogen) atoms. The van der Waals surface area contributed by atoms with Crippen molar-refractivity contribution in [3.63, 3.8) is 0 Å². The van der Waals surface area contributed by atoms with Crippen molar-refractivity contribution in [2.45, 2.75) is 52.0 Å². The second-order valence-corrected chi connectivity index (χ2v) is 6.83. The SMILES string of the molecule is CCN(CC)C[C@H](C)NC(=O)c1cnn2c(C(F)F)cc(C3CC3)nc12. The monoisotopic (exact) mass is 365 g/mol. The van der Waals surface area contributed by atoms with Crippen LogP contribution >= 0.6 is 0 Å². The molecule has 0 aliphatic heterocycles. The molecule has 0 saturated heterocycles. The van der Waals surface area contributed by atoms with E-state index in [0.717, 1.165) is 37.0 Å². The lowest BCUT2D eigenvalue weighted by Crippen LogP contribution is -2.41. The Morgan fingerprint density at radius 3 is 2.65 bits per heavy atom. The van der Waals surface area contributed by atoms with Gasteiger partial charge >= 0.3 is 0 Å². The second kappa shape index (κ2) is 7.65. The van der Waals surface area contributed by atoms with Gasteiger partial charge in [-0.1, -0.05) is 13.8 Å². The first-order chi connectivity index (χ1) is 12.4. The Bertz CT molecular complexity index is 783. The van der Waals surface area contributed by atoms with Crippen LogP contribution in [0, 0.1) is 0 Å². The van der Waals surface area contributed by atoms with Gasteiger partial charge < -0.3 is 10.2 Å². The van der Waals surface area contributed by atoms with E-state index in [0.29, 0.717) is 5.69 Å². The van der Waals surface area contributed by atoms with Crippen LogP contribution in [0.3, 0.4) is 0 Å². The molecule has 0 radical (unpaired) electrons. The number of aromatic nitrogens is 3. The number of fused-ring (bicyclic) bond motifs is 1. The normalized spacial score (nSPS) is 15.8. The number of carbonyl (C=O) groups excluding carboxylic acids is 1. The van der Waals surface area contributed by atoms with Gasteiger partial charge in [0.15, 0.2) is 5.65 Å². The molecule has 1 fully saturated rings. The van der Waals surface area contributed by atoms with Crippen LogP contribution in [0.2, 0.25) is 0 Å². The second-order valence-electron chi connectivity index (χ2n) is 6.83. The minimum Gasteiger partial charge on any atom is -0.348 e. The number of hydrogen-bond donors (Lipinski definition) is 1. The maximum Gasteiger partial charge on any atom is 0.280 e. The van der Waals surface area contributed by atoms with Crippen molar-refractivity contribution in [1.82, 2.24) is 24.8 Å². The van der Waals surface area contributed by atoms with Gasteiger partial charge in [-0.05, 0) is 38.9 Å². The molecule has 1 atom stereocenters. The zero-order valence-electron chi connectivity index (χ0n) is 15.4. The summed E-state index contributed by atoms with van der Waals surface area (Å²) in [7, 11) is 0. The van der Waals surface area contributed by atoms with Crippen LogP contribution in [-0.2, 0) is 0 Å². The number of nitrogens with one attached hydrogen (secondary N) is 1. The van der Waals surface area contributed by atoms with Crippen molar-refractivity contribution in [3.05, 3.63) is 29.2 Å². The van der Waals surface area contributed by atoms with Crippen LogP contribution in [0.1, 0.15) is 67.7 Å². The summed E-state index contributed by atoms with van der Waals surface area (Å²) in [5.41, 5.74) is 0.851. The number of halogens is 2. The number of carbonyl (C=O) groups is 1. The third-order valence-corrected chi connectivity index (χ3v) is 4.79. The molecule has 142 valence electrons. The highest BCUT2D eigenvalue weighted by atomic mass is 19.3. The van der Waals surface area contributed by atoms with Crippen LogP contribution in [0.4, 0.5) is 8.78 Å². The Balaban J connectivity index is 1.86. The largest absolute Gasteiger partial charge is 0.348 e. The Morgan fingerprint density at radius 2 is 2.08 bits per heavy atom. The van der Waals surface area contributed by atoms with Gasteiger partial charge in [0.25, 0.3) is 12.3 Å². The Kier molecular flexibility index (Phi) is 5.50. The zero-order valence-corrected chi connectivity index (χ0v) is 15.4. The molecule has 0 bridgehead atoms. The first-order valence-electron chi connectivity index (χ1n) is 9.14. The fourth-order valence-corrected chi connectivity index (χ4v) is 3.13. The molecule has 8 heteroatoms. The summed E-state index contributed by atoms with van der Waals surface area (Å²) >= 11 is 0. The number of hydrogen-bond acceptors (Lipinski definition) is 4. The molecule has 0 spiro atoms. The lowest BCUT2D eigenvalue weighted by Gasteiger charge is -2.23. The van der Waals surface area contributed by atoms with Gasteiger partial charge in [0.05, 0.1) is 6.20 Å². The Hall–Kier alpha value is -2.09. The molecular formula is C18H25F2N5O. The quantitative estimate of drug-likeness (QED) is 0.781. The molecule has 1 N–H and O–H groups in total. The van der Waals surface area contributed by atoms with Crippen LogP contribution in [0.15, 0.2) is 12.3 Å². The van der Waals surface area contributed by atoms with Crippen LogP contribution in [-0.4, -0.2) is 51.1 Å². The molecule has 0 aromatic carbocycles. The predicted molar refractivity (Wildman–Crippen MR) is 94.6 cm³/mol. The van der Waals surface area contributed by atoms with Crippen molar-refractivity contribution in [2.24, 2.45) is 0 Å². The van der Waals surface area contributed by atoms with E-state index >= 15 is 0 Å². The predicted octanol–water partition coefficient (Wildman–Crippen LogP) is 3.00.